The highest BCUT2D eigenvalue weighted by molar-refractivity contribution is 5.96. The molecule has 0 N–H and O–H groups in total. The third-order valence-corrected chi connectivity index (χ3v) is 2.75. The van der Waals surface area contributed by atoms with Gasteiger partial charge < -0.3 is 18.9 Å². The molecule has 0 radical (unpaired) electrons. The predicted octanol–water partition coefficient (Wildman–Crippen LogP) is 1.96. The molecule has 5 nitrogen and oxygen atoms in total. The van der Waals surface area contributed by atoms with E-state index in [1.54, 1.807) is 7.11 Å². The SMILES string of the molecule is COCCOCCOCCOCCC(=O)c1ccccc1. The van der Waals surface area contributed by atoms with Crippen molar-refractivity contribution in [2.45, 2.75) is 6.42 Å². The maximum atomic E-state index is 11.8. The zero-order valence-corrected chi connectivity index (χ0v) is 12.6. The van der Waals surface area contributed by atoms with Crippen LogP contribution < -0.4 is 0 Å². The van der Waals surface area contributed by atoms with Crippen LogP contribution in [0.2, 0.25) is 0 Å². The van der Waals surface area contributed by atoms with Crippen LogP contribution in [0.25, 0.3) is 0 Å². The number of ketones is 1. The van der Waals surface area contributed by atoms with E-state index in [0.717, 1.165) is 5.56 Å². The standard InChI is InChI=1S/C16H24O5/c1-18-9-10-20-13-14-21-12-11-19-8-7-16(17)15-5-3-2-4-6-15/h2-6H,7-14H2,1H3. The molecular formula is C16H24O5. The van der Waals surface area contributed by atoms with Gasteiger partial charge in [-0.1, -0.05) is 30.3 Å². The van der Waals surface area contributed by atoms with E-state index >= 15 is 0 Å². The van der Waals surface area contributed by atoms with Crippen molar-refractivity contribution in [2.75, 3.05) is 53.4 Å². The van der Waals surface area contributed by atoms with Gasteiger partial charge in [0.15, 0.2) is 5.78 Å². The number of carbonyl (C=O) groups is 1. The average molecular weight is 296 g/mol. The molecule has 0 aliphatic carbocycles. The lowest BCUT2D eigenvalue weighted by Gasteiger charge is -2.06. The molecule has 0 aliphatic heterocycles. The number of carbonyl (C=O) groups excluding carboxylic acids is 1. The topological polar surface area (TPSA) is 54.0 Å². The zero-order valence-electron chi connectivity index (χ0n) is 12.6. The van der Waals surface area contributed by atoms with Gasteiger partial charge in [0.25, 0.3) is 0 Å². The van der Waals surface area contributed by atoms with Gasteiger partial charge in [0.1, 0.15) is 0 Å². The number of rotatable bonds is 13. The molecule has 0 aromatic heterocycles. The second-order valence-electron chi connectivity index (χ2n) is 4.37. The summed E-state index contributed by atoms with van der Waals surface area (Å²) in [6.45, 7) is 3.68. The highest BCUT2D eigenvalue weighted by Gasteiger charge is 2.04. The number of benzene rings is 1. The van der Waals surface area contributed by atoms with Crippen molar-refractivity contribution in [3.8, 4) is 0 Å². The average Bonchev–Trinajstić information content (AvgIpc) is 2.53. The van der Waals surface area contributed by atoms with E-state index in [0.29, 0.717) is 52.7 Å². The molecule has 0 heterocycles. The Morgan fingerprint density at radius 2 is 1.33 bits per heavy atom. The third-order valence-electron chi connectivity index (χ3n) is 2.75. The molecule has 0 aliphatic rings. The quantitative estimate of drug-likeness (QED) is 0.411. The molecule has 0 spiro atoms. The maximum absolute atomic E-state index is 11.8. The first-order valence-corrected chi connectivity index (χ1v) is 7.15. The first kappa shape index (κ1) is 17.8. The van der Waals surface area contributed by atoms with Gasteiger partial charge in [0.05, 0.1) is 46.2 Å². The van der Waals surface area contributed by atoms with Gasteiger partial charge in [-0.2, -0.15) is 0 Å². The number of methoxy groups -OCH3 is 1. The van der Waals surface area contributed by atoms with Crippen LogP contribution in [0.4, 0.5) is 0 Å². The predicted molar refractivity (Wildman–Crippen MR) is 79.7 cm³/mol. The van der Waals surface area contributed by atoms with Crippen LogP contribution >= 0.6 is 0 Å². The van der Waals surface area contributed by atoms with Gasteiger partial charge in [-0.05, 0) is 0 Å². The summed E-state index contributed by atoms with van der Waals surface area (Å²) in [4.78, 5) is 11.8. The maximum Gasteiger partial charge on any atom is 0.165 e. The number of hydrogen-bond acceptors (Lipinski definition) is 5. The number of Topliss-reactive ketones (excluding diaryl/α,β-unsaturated/α-hetero) is 1. The van der Waals surface area contributed by atoms with Gasteiger partial charge in [0.2, 0.25) is 0 Å². The summed E-state index contributed by atoms with van der Waals surface area (Å²) in [7, 11) is 1.64. The lowest BCUT2D eigenvalue weighted by atomic mass is 10.1. The normalized spacial score (nSPS) is 10.7. The molecule has 0 atom stereocenters. The lowest BCUT2D eigenvalue weighted by molar-refractivity contribution is 0.00369. The summed E-state index contributed by atoms with van der Waals surface area (Å²) in [5.74, 6) is 0.100. The first-order valence-electron chi connectivity index (χ1n) is 7.15. The minimum Gasteiger partial charge on any atom is -0.382 e. The van der Waals surface area contributed by atoms with Crippen LogP contribution in [0.3, 0.4) is 0 Å². The highest BCUT2D eigenvalue weighted by atomic mass is 16.6. The summed E-state index contributed by atoms with van der Waals surface area (Å²) in [6, 6.07) is 9.24. The van der Waals surface area contributed by atoms with E-state index in [2.05, 4.69) is 0 Å². The van der Waals surface area contributed by atoms with E-state index in [9.17, 15) is 4.79 Å². The Balaban J connectivity index is 1.88. The van der Waals surface area contributed by atoms with E-state index < -0.39 is 0 Å². The second-order valence-corrected chi connectivity index (χ2v) is 4.37. The Morgan fingerprint density at radius 3 is 1.90 bits per heavy atom. The Kier molecular flexibility index (Phi) is 10.6. The molecule has 0 fully saturated rings. The Labute approximate surface area is 126 Å². The van der Waals surface area contributed by atoms with Crippen molar-refractivity contribution in [3.63, 3.8) is 0 Å². The van der Waals surface area contributed by atoms with E-state index in [1.165, 1.54) is 0 Å². The van der Waals surface area contributed by atoms with Crippen LogP contribution in [-0.4, -0.2) is 59.1 Å². The fraction of sp³-hybridized carbons (Fsp3) is 0.562. The molecule has 0 unspecified atom stereocenters. The van der Waals surface area contributed by atoms with Crippen molar-refractivity contribution in [2.24, 2.45) is 0 Å². The molecular weight excluding hydrogens is 272 g/mol. The van der Waals surface area contributed by atoms with Crippen LogP contribution in [0, 0.1) is 0 Å². The van der Waals surface area contributed by atoms with Crippen LogP contribution in [0.1, 0.15) is 16.8 Å². The van der Waals surface area contributed by atoms with Gasteiger partial charge in [0, 0.05) is 19.1 Å². The van der Waals surface area contributed by atoms with Gasteiger partial charge in [-0.3, -0.25) is 4.79 Å². The van der Waals surface area contributed by atoms with Crippen LogP contribution in [0.5, 0.6) is 0 Å². The van der Waals surface area contributed by atoms with Crippen LogP contribution in [0.15, 0.2) is 30.3 Å². The summed E-state index contributed by atoms with van der Waals surface area (Å²) in [5, 5.41) is 0. The lowest BCUT2D eigenvalue weighted by Crippen LogP contribution is -2.12. The van der Waals surface area contributed by atoms with E-state index in [4.69, 9.17) is 18.9 Å². The minimum absolute atomic E-state index is 0.100. The molecule has 1 rings (SSSR count). The van der Waals surface area contributed by atoms with Crippen LogP contribution in [-0.2, 0) is 18.9 Å². The minimum atomic E-state index is 0.100. The Morgan fingerprint density at radius 1 is 0.810 bits per heavy atom. The molecule has 5 heteroatoms. The molecule has 0 saturated carbocycles. The molecule has 0 amide bonds. The van der Waals surface area contributed by atoms with Gasteiger partial charge >= 0.3 is 0 Å². The first-order chi connectivity index (χ1) is 10.3. The summed E-state index contributed by atoms with van der Waals surface area (Å²) < 4.78 is 20.8. The fourth-order valence-corrected chi connectivity index (χ4v) is 1.62. The van der Waals surface area contributed by atoms with E-state index in [1.807, 2.05) is 30.3 Å². The monoisotopic (exact) mass is 296 g/mol. The van der Waals surface area contributed by atoms with Gasteiger partial charge in [-0.25, -0.2) is 0 Å². The fourth-order valence-electron chi connectivity index (χ4n) is 1.62. The largest absolute Gasteiger partial charge is 0.382 e. The van der Waals surface area contributed by atoms with Crippen molar-refractivity contribution >= 4 is 5.78 Å². The van der Waals surface area contributed by atoms with Crippen molar-refractivity contribution in [1.82, 2.24) is 0 Å². The smallest absolute Gasteiger partial charge is 0.165 e. The summed E-state index contributed by atoms with van der Waals surface area (Å²) in [5.41, 5.74) is 0.727. The third kappa shape index (κ3) is 9.31. The Bertz CT molecular complexity index is 366. The van der Waals surface area contributed by atoms with Crippen molar-refractivity contribution < 1.29 is 23.7 Å². The summed E-state index contributed by atoms with van der Waals surface area (Å²) in [6.07, 6.45) is 0.393. The number of ether oxygens (including phenoxy) is 4. The molecule has 1 aromatic rings. The molecule has 0 bridgehead atoms. The second kappa shape index (κ2) is 12.5. The zero-order chi connectivity index (χ0) is 15.2. The molecule has 1 aromatic carbocycles. The molecule has 21 heavy (non-hydrogen) atoms. The summed E-state index contributed by atoms with van der Waals surface area (Å²) >= 11 is 0. The van der Waals surface area contributed by atoms with Crippen molar-refractivity contribution in [1.29, 1.82) is 0 Å². The van der Waals surface area contributed by atoms with E-state index in [-0.39, 0.29) is 5.78 Å². The van der Waals surface area contributed by atoms with Crippen molar-refractivity contribution in [3.05, 3.63) is 35.9 Å². The molecule has 0 saturated heterocycles. The highest BCUT2D eigenvalue weighted by Crippen LogP contribution is 2.02. The molecule has 118 valence electrons. The van der Waals surface area contributed by atoms with Gasteiger partial charge in [-0.15, -0.1) is 0 Å². The Hall–Kier alpha value is -1.27. The number of hydrogen-bond donors (Lipinski definition) is 0.